The van der Waals surface area contributed by atoms with Gasteiger partial charge in [-0.1, -0.05) is 13.0 Å². The smallest absolute Gasteiger partial charge is 0.231 e. The SMILES string of the molecule is CC(C1CC1)C1(N)CCC1c1ccc2c(c1)OCO2. The summed E-state index contributed by atoms with van der Waals surface area (Å²) in [6.07, 6.45) is 5.10. The Balaban J connectivity index is 1.61. The van der Waals surface area contributed by atoms with Gasteiger partial charge < -0.3 is 15.2 Å². The maximum Gasteiger partial charge on any atom is 0.231 e. The van der Waals surface area contributed by atoms with Gasteiger partial charge in [0.25, 0.3) is 0 Å². The molecular weight excluding hydrogens is 238 g/mol. The third-order valence-electron chi connectivity index (χ3n) is 5.49. The summed E-state index contributed by atoms with van der Waals surface area (Å²) in [4.78, 5) is 0. The zero-order valence-corrected chi connectivity index (χ0v) is 11.4. The first-order valence-electron chi connectivity index (χ1n) is 7.37. The van der Waals surface area contributed by atoms with Gasteiger partial charge in [0.05, 0.1) is 0 Å². The van der Waals surface area contributed by atoms with Crippen LogP contribution < -0.4 is 15.2 Å². The van der Waals surface area contributed by atoms with Crippen LogP contribution >= 0.6 is 0 Å². The van der Waals surface area contributed by atoms with Gasteiger partial charge in [0.15, 0.2) is 11.5 Å². The number of fused-ring (bicyclic) bond motifs is 1. The van der Waals surface area contributed by atoms with E-state index in [1.165, 1.54) is 24.8 Å². The van der Waals surface area contributed by atoms with E-state index >= 15 is 0 Å². The van der Waals surface area contributed by atoms with E-state index in [0.717, 1.165) is 23.8 Å². The lowest BCUT2D eigenvalue weighted by molar-refractivity contribution is 0.110. The van der Waals surface area contributed by atoms with Crippen molar-refractivity contribution < 1.29 is 9.47 Å². The van der Waals surface area contributed by atoms with Crippen molar-refractivity contribution in [3.8, 4) is 11.5 Å². The summed E-state index contributed by atoms with van der Waals surface area (Å²) < 4.78 is 10.9. The molecule has 2 aliphatic carbocycles. The zero-order chi connectivity index (χ0) is 13.0. The van der Waals surface area contributed by atoms with Crippen molar-refractivity contribution in [1.82, 2.24) is 0 Å². The molecule has 3 heteroatoms. The van der Waals surface area contributed by atoms with Crippen LogP contribution in [0.25, 0.3) is 0 Å². The molecule has 3 aliphatic rings. The van der Waals surface area contributed by atoms with Gasteiger partial charge in [-0.05, 0) is 55.2 Å². The van der Waals surface area contributed by atoms with Crippen LogP contribution in [0, 0.1) is 11.8 Å². The van der Waals surface area contributed by atoms with Gasteiger partial charge >= 0.3 is 0 Å². The maximum absolute atomic E-state index is 6.74. The van der Waals surface area contributed by atoms with E-state index < -0.39 is 0 Å². The standard InChI is InChI=1S/C16H21NO2/c1-10(11-2-3-11)16(17)7-6-13(16)12-4-5-14-15(8-12)19-9-18-14/h4-5,8,10-11,13H,2-3,6-7,9,17H2,1H3. The van der Waals surface area contributed by atoms with Crippen LogP contribution in [0.1, 0.15) is 44.1 Å². The van der Waals surface area contributed by atoms with E-state index in [9.17, 15) is 0 Å². The van der Waals surface area contributed by atoms with E-state index in [1.807, 2.05) is 6.07 Å². The summed E-state index contributed by atoms with van der Waals surface area (Å²) in [6.45, 7) is 2.69. The molecule has 0 bridgehead atoms. The maximum atomic E-state index is 6.74. The molecule has 19 heavy (non-hydrogen) atoms. The average molecular weight is 259 g/mol. The minimum absolute atomic E-state index is 0.00509. The van der Waals surface area contributed by atoms with Crippen LogP contribution in [0.4, 0.5) is 0 Å². The van der Waals surface area contributed by atoms with Gasteiger partial charge in [0.2, 0.25) is 6.79 Å². The third-order valence-corrected chi connectivity index (χ3v) is 5.49. The van der Waals surface area contributed by atoms with E-state index in [-0.39, 0.29) is 5.54 Å². The van der Waals surface area contributed by atoms with Crippen LogP contribution in [0.15, 0.2) is 18.2 Å². The molecule has 1 aromatic carbocycles. The molecule has 0 spiro atoms. The Bertz CT molecular complexity index is 511. The lowest BCUT2D eigenvalue weighted by Gasteiger charge is -2.51. The molecule has 0 amide bonds. The second kappa shape index (κ2) is 3.89. The molecule has 102 valence electrons. The summed E-state index contributed by atoms with van der Waals surface area (Å²) in [5.74, 6) is 3.72. The van der Waals surface area contributed by atoms with Crippen LogP contribution in [0.3, 0.4) is 0 Å². The lowest BCUT2D eigenvalue weighted by Crippen LogP contribution is -2.58. The van der Waals surface area contributed by atoms with Crippen molar-refractivity contribution in [2.24, 2.45) is 17.6 Å². The molecule has 3 nitrogen and oxygen atoms in total. The monoisotopic (exact) mass is 259 g/mol. The number of benzene rings is 1. The van der Waals surface area contributed by atoms with E-state index in [1.54, 1.807) is 0 Å². The van der Waals surface area contributed by atoms with E-state index in [0.29, 0.717) is 18.6 Å². The first-order valence-corrected chi connectivity index (χ1v) is 7.37. The summed E-state index contributed by atoms with van der Waals surface area (Å²) in [5, 5.41) is 0. The van der Waals surface area contributed by atoms with Crippen molar-refractivity contribution in [3.63, 3.8) is 0 Å². The minimum Gasteiger partial charge on any atom is -0.454 e. The predicted octanol–water partition coefficient (Wildman–Crippen LogP) is 3.04. The minimum atomic E-state index is -0.00509. The lowest BCUT2D eigenvalue weighted by atomic mass is 9.58. The molecular formula is C16H21NO2. The highest BCUT2D eigenvalue weighted by atomic mass is 16.7. The van der Waals surface area contributed by atoms with Crippen molar-refractivity contribution in [2.45, 2.75) is 44.1 Å². The van der Waals surface area contributed by atoms with Crippen LogP contribution in [-0.4, -0.2) is 12.3 Å². The molecule has 2 N–H and O–H groups in total. The largest absolute Gasteiger partial charge is 0.454 e. The molecule has 0 saturated heterocycles. The summed E-state index contributed by atoms with van der Waals surface area (Å²) in [5.41, 5.74) is 8.06. The number of hydrogen-bond acceptors (Lipinski definition) is 3. The third kappa shape index (κ3) is 1.68. The fourth-order valence-corrected chi connectivity index (χ4v) is 3.81. The predicted molar refractivity (Wildman–Crippen MR) is 73.3 cm³/mol. The first kappa shape index (κ1) is 11.6. The number of ether oxygens (including phenoxy) is 2. The van der Waals surface area contributed by atoms with Crippen molar-refractivity contribution >= 4 is 0 Å². The topological polar surface area (TPSA) is 44.5 Å². The molecule has 2 saturated carbocycles. The molecule has 0 aromatic heterocycles. The fraction of sp³-hybridized carbons (Fsp3) is 0.625. The number of nitrogens with two attached hydrogens (primary N) is 1. The van der Waals surface area contributed by atoms with E-state index in [2.05, 4.69) is 19.1 Å². The normalized spacial score (nSPS) is 33.9. The Morgan fingerprint density at radius 1 is 1.21 bits per heavy atom. The van der Waals surface area contributed by atoms with Gasteiger partial charge in [0, 0.05) is 11.5 Å². The highest BCUT2D eigenvalue weighted by Gasteiger charge is 2.52. The fourth-order valence-electron chi connectivity index (χ4n) is 3.81. The molecule has 1 heterocycles. The van der Waals surface area contributed by atoms with Gasteiger partial charge in [-0.2, -0.15) is 0 Å². The number of hydrogen-bond donors (Lipinski definition) is 1. The van der Waals surface area contributed by atoms with Gasteiger partial charge in [0.1, 0.15) is 0 Å². The molecule has 3 unspecified atom stereocenters. The Labute approximate surface area is 114 Å². The quantitative estimate of drug-likeness (QED) is 0.907. The zero-order valence-electron chi connectivity index (χ0n) is 11.4. The summed E-state index contributed by atoms with van der Waals surface area (Å²) in [7, 11) is 0. The second-order valence-corrected chi connectivity index (χ2v) is 6.44. The second-order valence-electron chi connectivity index (χ2n) is 6.44. The Hall–Kier alpha value is -1.22. The molecule has 1 aromatic rings. The highest BCUT2D eigenvalue weighted by Crippen LogP contribution is 2.55. The molecule has 3 atom stereocenters. The first-order chi connectivity index (χ1) is 9.18. The summed E-state index contributed by atoms with van der Waals surface area (Å²) in [6, 6.07) is 6.32. The van der Waals surface area contributed by atoms with Crippen LogP contribution in [0.5, 0.6) is 11.5 Å². The van der Waals surface area contributed by atoms with E-state index in [4.69, 9.17) is 15.2 Å². The van der Waals surface area contributed by atoms with Crippen molar-refractivity contribution in [2.75, 3.05) is 6.79 Å². The van der Waals surface area contributed by atoms with Gasteiger partial charge in [-0.3, -0.25) is 0 Å². The molecule has 1 aliphatic heterocycles. The average Bonchev–Trinajstić information content (AvgIpc) is 3.14. The van der Waals surface area contributed by atoms with Crippen molar-refractivity contribution in [3.05, 3.63) is 23.8 Å². The van der Waals surface area contributed by atoms with Crippen LogP contribution in [-0.2, 0) is 0 Å². The molecule has 4 rings (SSSR count). The summed E-state index contributed by atoms with van der Waals surface area (Å²) >= 11 is 0. The Morgan fingerprint density at radius 2 is 2.00 bits per heavy atom. The Morgan fingerprint density at radius 3 is 2.68 bits per heavy atom. The molecule has 2 fully saturated rings. The Kier molecular flexibility index (Phi) is 2.37. The highest BCUT2D eigenvalue weighted by molar-refractivity contribution is 5.46. The number of rotatable bonds is 3. The van der Waals surface area contributed by atoms with Gasteiger partial charge in [-0.15, -0.1) is 0 Å². The van der Waals surface area contributed by atoms with Gasteiger partial charge in [-0.25, -0.2) is 0 Å². The molecule has 0 radical (unpaired) electrons. The van der Waals surface area contributed by atoms with Crippen LogP contribution in [0.2, 0.25) is 0 Å². The van der Waals surface area contributed by atoms with Crippen molar-refractivity contribution in [1.29, 1.82) is 0 Å².